The van der Waals surface area contributed by atoms with Gasteiger partial charge in [-0.25, -0.2) is 12.8 Å². The fourth-order valence-corrected chi connectivity index (χ4v) is 4.12. The highest BCUT2D eigenvalue weighted by atomic mass is 35.7. The van der Waals surface area contributed by atoms with Crippen LogP contribution in [0.25, 0.3) is 22.3 Å². The predicted molar refractivity (Wildman–Crippen MR) is 122 cm³/mol. The summed E-state index contributed by atoms with van der Waals surface area (Å²) >= 11 is 0. The standard InChI is InChI=1S/C13H8F4.C12H9ClO2S/c14-12-7-3-10(4-8-12)9-1-5-11(6-2-9)13(15,16)17;13-16(14,15)12-9-5-4-8-11(12)10-6-2-1-3-7-10/h1-8H;1-9H. The van der Waals surface area contributed by atoms with Crippen LogP contribution in [0.4, 0.5) is 17.6 Å². The molecule has 0 aliphatic heterocycles. The summed E-state index contributed by atoms with van der Waals surface area (Å²) in [4.78, 5) is 0.142. The normalized spacial score (nSPS) is 11.4. The van der Waals surface area contributed by atoms with E-state index >= 15 is 0 Å². The Morgan fingerprint density at radius 2 is 1.09 bits per heavy atom. The fourth-order valence-electron chi connectivity index (χ4n) is 3.03. The summed E-state index contributed by atoms with van der Waals surface area (Å²) in [5, 5.41) is 0. The molecule has 4 aromatic carbocycles. The third-order valence-electron chi connectivity index (χ3n) is 4.62. The van der Waals surface area contributed by atoms with Gasteiger partial charge in [0, 0.05) is 16.2 Å². The van der Waals surface area contributed by atoms with Gasteiger partial charge in [-0.3, -0.25) is 0 Å². The summed E-state index contributed by atoms with van der Waals surface area (Å²) in [6, 6.07) is 26.3. The SMILES string of the molecule is Fc1ccc(-c2ccc(C(F)(F)F)cc2)cc1.O=S(=O)(Cl)c1ccccc1-c1ccccc1. The monoisotopic (exact) mass is 492 g/mol. The zero-order valence-corrected chi connectivity index (χ0v) is 18.5. The van der Waals surface area contributed by atoms with E-state index in [-0.39, 0.29) is 10.7 Å². The average Bonchev–Trinajstić information content (AvgIpc) is 2.80. The Balaban J connectivity index is 0.000000186. The molecule has 0 unspecified atom stereocenters. The van der Waals surface area contributed by atoms with Crippen molar-refractivity contribution in [2.75, 3.05) is 0 Å². The molecule has 0 aliphatic rings. The van der Waals surface area contributed by atoms with Gasteiger partial charge in [0.1, 0.15) is 5.82 Å². The van der Waals surface area contributed by atoms with E-state index in [1.165, 1.54) is 42.5 Å². The van der Waals surface area contributed by atoms with Gasteiger partial charge in [-0.2, -0.15) is 13.2 Å². The molecule has 0 aromatic heterocycles. The molecule has 0 heterocycles. The molecular formula is C25H17ClF4O2S. The third kappa shape index (κ3) is 6.66. The molecular weight excluding hydrogens is 476 g/mol. The zero-order valence-electron chi connectivity index (χ0n) is 16.9. The molecule has 0 aliphatic carbocycles. The van der Waals surface area contributed by atoms with Gasteiger partial charge in [0.2, 0.25) is 0 Å². The maximum absolute atomic E-state index is 12.7. The van der Waals surface area contributed by atoms with Crippen molar-refractivity contribution in [3.8, 4) is 22.3 Å². The molecule has 0 bridgehead atoms. The lowest BCUT2D eigenvalue weighted by molar-refractivity contribution is -0.137. The first-order valence-corrected chi connectivity index (χ1v) is 11.9. The maximum Gasteiger partial charge on any atom is 0.416 e. The Morgan fingerprint density at radius 1 is 0.606 bits per heavy atom. The fraction of sp³-hybridized carbons (Fsp3) is 0.0400. The second-order valence-electron chi connectivity index (χ2n) is 6.88. The highest BCUT2D eigenvalue weighted by Crippen LogP contribution is 2.31. The van der Waals surface area contributed by atoms with Gasteiger partial charge in [-0.15, -0.1) is 0 Å². The van der Waals surface area contributed by atoms with Crippen LogP contribution in [0.3, 0.4) is 0 Å². The van der Waals surface area contributed by atoms with Crippen molar-refractivity contribution >= 4 is 19.7 Å². The summed E-state index contributed by atoms with van der Waals surface area (Å²) in [5.41, 5.74) is 2.07. The van der Waals surface area contributed by atoms with E-state index in [0.717, 1.165) is 17.7 Å². The van der Waals surface area contributed by atoms with E-state index in [1.807, 2.05) is 30.3 Å². The summed E-state index contributed by atoms with van der Waals surface area (Å²) in [5.74, 6) is -0.374. The first kappa shape index (κ1) is 24.5. The largest absolute Gasteiger partial charge is 0.416 e. The lowest BCUT2D eigenvalue weighted by atomic mass is 10.0. The topological polar surface area (TPSA) is 34.1 Å². The molecule has 33 heavy (non-hydrogen) atoms. The molecule has 0 N–H and O–H groups in total. The highest BCUT2D eigenvalue weighted by Gasteiger charge is 2.29. The molecule has 2 nitrogen and oxygen atoms in total. The second-order valence-corrected chi connectivity index (χ2v) is 9.42. The van der Waals surface area contributed by atoms with E-state index in [2.05, 4.69) is 0 Å². The van der Waals surface area contributed by atoms with E-state index in [1.54, 1.807) is 18.2 Å². The van der Waals surface area contributed by atoms with Crippen molar-refractivity contribution in [2.45, 2.75) is 11.1 Å². The highest BCUT2D eigenvalue weighted by molar-refractivity contribution is 8.13. The maximum atomic E-state index is 12.7. The van der Waals surface area contributed by atoms with Crippen LogP contribution in [-0.2, 0) is 15.2 Å². The molecule has 4 aromatic rings. The van der Waals surface area contributed by atoms with Crippen LogP contribution in [0.5, 0.6) is 0 Å². The molecule has 0 saturated heterocycles. The van der Waals surface area contributed by atoms with Crippen LogP contribution in [0.2, 0.25) is 0 Å². The van der Waals surface area contributed by atoms with Crippen molar-refractivity contribution in [1.29, 1.82) is 0 Å². The predicted octanol–water partition coefficient (Wildman–Crippen LogP) is 7.79. The van der Waals surface area contributed by atoms with Crippen LogP contribution < -0.4 is 0 Å². The Bertz CT molecular complexity index is 1300. The zero-order chi connectivity index (χ0) is 24.1. The number of halogens is 5. The number of hydrogen-bond acceptors (Lipinski definition) is 2. The van der Waals surface area contributed by atoms with Gasteiger partial charge in [0.05, 0.1) is 10.5 Å². The summed E-state index contributed by atoms with van der Waals surface area (Å²) < 4.78 is 72.4. The molecule has 0 radical (unpaired) electrons. The minimum absolute atomic E-state index is 0.142. The molecule has 8 heteroatoms. The van der Waals surface area contributed by atoms with Gasteiger partial charge in [-0.05, 0) is 47.0 Å². The summed E-state index contributed by atoms with van der Waals surface area (Å²) in [6.07, 6.45) is -4.33. The molecule has 0 saturated carbocycles. The van der Waals surface area contributed by atoms with Crippen LogP contribution in [0, 0.1) is 5.82 Å². The second kappa shape index (κ2) is 10.2. The first-order valence-electron chi connectivity index (χ1n) is 9.58. The van der Waals surface area contributed by atoms with Crippen molar-refractivity contribution in [2.24, 2.45) is 0 Å². The van der Waals surface area contributed by atoms with E-state index in [4.69, 9.17) is 10.7 Å². The molecule has 0 fully saturated rings. The number of benzene rings is 4. The summed E-state index contributed by atoms with van der Waals surface area (Å²) in [7, 11) is 1.68. The van der Waals surface area contributed by atoms with Crippen molar-refractivity contribution < 1.29 is 26.0 Å². The number of hydrogen-bond donors (Lipinski definition) is 0. The van der Waals surface area contributed by atoms with Crippen LogP contribution in [0.15, 0.2) is 108 Å². The van der Waals surface area contributed by atoms with E-state index in [0.29, 0.717) is 16.7 Å². The van der Waals surface area contributed by atoms with Crippen LogP contribution >= 0.6 is 10.7 Å². The Hall–Kier alpha value is -3.16. The lowest BCUT2D eigenvalue weighted by Gasteiger charge is -2.07. The van der Waals surface area contributed by atoms with Crippen LogP contribution in [0.1, 0.15) is 5.56 Å². The van der Waals surface area contributed by atoms with E-state index in [9.17, 15) is 26.0 Å². The van der Waals surface area contributed by atoms with Gasteiger partial charge >= 0.3 is 6.18 Å². The van der Waals surface area contributed by atoms with Gasteiger partial charge in [-0.1, -0.05) is 72.8 Å². The van der Waals surface area contributed by atoms with Gasteiger partial charge in [0.15, 0.2) is 0 Å². The van der Waals surface area contributed by atoms with Gasteiger partial charge in [0.25, 0.3) is 9.05 Å². The Kier molecular flexibility index (Phi) is 7.56. The Morgan fingerprint density at radius 3 is 1.61 bits per heavy atom. The molecule has 0 atom stereocenters. The quantitative estimate of drug-likeness (QED) is 0.216. The average molecular weight is 493 g/mol. The van der Waals surface area contributed by atoms with Crippen molar-refractivity contribution in [3.63, 3.8) is 0 Å². The molecule has 4 rings (SSSR count). The number of alkyl halides is 3. The first-order chi connectivity index (χ1) is 15.6. The van der Waals surface area contributed by atoms with E-state index < -0.39 is 20.8 Å². The molecule has 170 valence electrons. The summed E-state index contributed by atoms with van der Waals surface area (Å²) in [6.45, 7) is 0. The molecule has 0 amide bonds. The smallest absolute Gasteiger partial charge is 0.207 e. The van der Waals surface area contributed by atoms with Crippen molar-refractivity contribution in [1.82, 2.24) is 0 Å². The minimum Gasteiger partial charge on any atom is -0.207 e. The number of rotatable bonds is 3. The lowest BCUT2D eigenvalue weighted by Crippen LogP contribution is -2.03. The molecule has 0 spiro atoms. The Labute approximate surface area is 193 Å². The van der Waals surface area contributed by atoms with Crippen LogP contribution in [-0.4, -0.2) is 8.42 Å². The third-order valence-corrected chi connectivity index (χ3v) is 6.00. The van der Waals surface area contributed by atoms with Gasteiger partial charge < -0.3 is 0 Å². The van der Waals surface area contributed by atoms with Crippen molar-refractivity contribution in [3.05, 3.63) is 115 Å². The minimum atomic E-state index is -4.33.